The van der Waals surface area contributed by atoms with E-state index in [1.807, 2.05) is 0 Å². The van der Waals surface area contributed by atoms with Crippen molar-refractivity contribution in [1.29, 1.82) is 0 Å². The molecule has 0 aliphatic rings. The maximum absolute atomic E-state index is 13.1. The normalized spacial score (nSPS) is 11.0. The molecule has 0 aliphatic heterocycles. The van der Waals surface area contributed by atoms with Crippen molar-refractivity contribution in [1.82, 2.24) is 0 Å². The third kappa shape index (κ3) is 6.03. The van der Waals surface area contributed by atoms with Gasteiger partial charge in [-0.05, 0) is 66.7 Å². The molecular formula is C20H16BrFN2O4S. The Labute approximate surface area is 175 Å². The van der Waals surface area contributed by atoms with Gasteiger partial charge in [0.05, 0.1) is 4.90 Å². The maximum Gasteiger partial charge on any atom is 0.262 e. The van der Waals surface area contributed by atoms with Gasteiger partial charge in [0.1, 0.15) is 11.6 Å². The van der Waals surface area contributed by atoms with Crippen LogP contribution in [0.15, 0.2) is 82.2 Å². The first kappa shape index (κ1) is 20.8. The lowest BCUT2D eigenvalue weighted by molar-refractivity contribution is -0.118. The van der Waals surface area contributed by atoms with Gasteiger partial charge in [-0.1, -0.05) is 22.0 Å². The first-order chi connectivity index (χ1) is 13.8. The van der Waals surface area contributed by atoms with Gasteiger partial charge < -0.3 is 10.1 Å². The average Bonchev–Trinajstić information content (AvgIpc) is 2.68. The van der Waals surface area contributed by atoms with Gasteiger partial charge in [0.15, 0.2) is 6.61 Å². The molecule has 0 heterocycles. The highest BCUT2D eigenvalue weighted by molar-refractivity contribution is 9.10. The Bertz CT molecular complexity index is 1100. The van der Waals surface area contributed by atoms with E-state index in [-0.39, 0.29) is 11.5 Å². The Morgan fingerprint density at radius 1 is 0.966 bits per heavy atom. The molecule has 0 aromatic heterocycles. The summed E-state index contributed by atoms with van der Waals surface area (Å²) >= 11 is 3.29. The van der Waals surface area contributed by atoms with Crippen molar-refractivity contribution in [2.75, 3.05) is 16.6 Å². The summed E-state index contributed by atoms with van der Waals surface area (Å²) in [6.45, 7) is -0.306. The van der Waals surface area contributed by atoms with Crippen molar-refractivity contribution < 1.29 is 22.3 Å². The van der Waals surface area contributed by atoms with Crippen molar-refractivity contribution in [3.63, 3.8) is 0 Å². The van der Waals surface area contributed by atoms with Gasteiger partial charge >= 0.3 is 0 Å². The summed E-state index contributed by atoms with van der Waals surface area (Å²) in [4.78, 5) is 11.9. The van der Waals surface area contributed by atoms with Crippen LogP contribution in [0.2, 0.25) is 0 Å². The molecule has 0 saturated carbocycles. The highest BCUT2D eigenvalue weighted by Crippen LogP contribution is 2.21. The minimum absolute atomic E-state index is 0.0528. The van der Waals surface area contributed by atoms with Crippen LogP contribution in [0.3, 0.4) is 0 Å². The highest BCUT2D eigenvalue weighted by atomic mass is 79.9. The molecule has 6 nitrogen and oxygen atoms in total. The molecule has 0 fully saturated rings. The second-order valence-corrected chi connectivity index (χ2v) is 8.53. The van der Waals surface area contributed by atoms with Gasteiger partial charge in [-0.2, -0.15) is 0 Å². The molecule has 150 valence electrons. The first-order valence-corrected chi connectivity index (χ1v) is 10.7. The van der Waals surface area contributed by atoms with Crippen molar-refractivity contribution in [2.45, 2.75) is 4.90 Å². The molecule has 0 radical (unpaired) electrons. The van der Waals surface area contributed by atoms with E-state index in [2.05, 4.69) is 26.0 Å². The summed E-state index contributed by atoms with van der Waals surface area (Å²) in [6, 6.07) is 17.9. The molecular weight excluding hydrogens is 463 g/mol. The molecule has 3 rings (SSSR count). The van der Waals surface area contributed by atoms with E-state index in [4.69, 9.17) is 4.74 Å². The number of benzene rings is 3. The number of carbonyl (C=O) groups is 1. The van der Waals surface area contributed by atoms with E-state index in [1.54, 1.807) is 30.3 Å². The number of sulfonamides is 1. The number of ether oxygens (including phenoxy) is 1. The standard InChI is InChI=1S/C20H16BrFN2O4S/c21-14-4-6-16(7-5-14)24-29(26,27)19-10-8-18(9-11-19)28-13-20(25)23-17-3-1-2-15(22)12-17/h1-12,24H,13H2,(H,23,25). The van der Waals surface area contributed by atoms with E-state index < -0.39 is 21.7 Å². The van der Waals surface area contributed by atoms with E-state index in [0.717, 1.165) is 4.47 Å². The summed E-state index contributed by atoms with van der Waals surface area (Å²) < 4.78 is 46.7. The summed E-state index contributed by atoms with van der Waals surface area (Å²) in [6.07, 6.45) is 0. The summed E-state index contributed by atoms with van der Waals surface area (Å²) in [5.74, 6) is -0.608. The third-order valence-electron chi connectivity index (χ3n) is 3.71. The number of amides is 1. The first-order valence-electron chi connectivity index (χ1n) is 8.38. The molecule has 0 spiro atoms. The molecule has 9 heteroatoms. The number of hydrogen-bond acceptors (Lipinski definition) is 4. The predicted octanol–water partition coefficient (Wildman–Crippen LogP) is 4.41. The molecule has 1 amide bonds. The number of rotatable bonds is 7. The molecule has 0 atom stereocenters. The summed E-state index contributed by atoms with van der Waals surface area (Å²) in [5.41, 5.74) is 0.751. The van der Waals surface area contributed by atoms with E-state index in [9.17, 15) is 17.6 Å². The van der Waals surface area contributed by atoms with Gasteiger partial charge in [-0.25, -0.2) is 12.8 Å². The zero-order chi connectivity index (χ0) is 20.9. The number of anilines is 2. The zero-order valence-corrected chi connectivity index (χ0v) is 17.3. The Morgan fingerprint density at radius 3 is 2.31 bits per heavy atom. The van der Waals surface area contributed by atoms with Crippen LogP contribution in [0.1, 0.15) is 0 Å². The lowest BCUT2D eigenvalue weighted by Gasteiger charge is -2.10. The van der Waals surface area contributed by atoms with Gasteiger partial charge in [0.25, 0.3) is 15.9 Å². The van der Waals surface area contributed by atoms with Crippen LogP contribution in [-0.2, 0) is 14.8 Å². The van der Waals surface area contributed by atoms with Crippen LogP contribution in [0, 0.1) is 5.82 Å². The fraction of sp³-hybridized carbons (Fsp3) is 0.0500. The number of halogens is 2. The SMILES string of the molecule is O=C(COc1ccc(S(=O)(=O)Nc2ccc(Br)cc2)cc1)Nc1cccc(F)c1. The predicted molar refractivity (Wildman–Crippen MR) is 112 cm³/mol. The summed E-state index contributed by atoms with van der Waals surface area (Å²) in [5, 5.41) is 2.51. The van der Waals surface area contributed by atoms with Crippen molar-refractivity contribution in [3.8, 4) is 5.75 Å². The number of hydrogen-bond donors (Lipinski definition) is 2. The van der Waals surface area contributed by atoms with Gasteiger partial charge in [-0.15, -0.1) is 0 Å². The Morgan fingerprint density at radius 2 is 1.66 bits per heavy atom. The van der Waals surface area contributed by atoms with Crippen LogP contribution in [0.5, 0.6) is 5.75 Å². The van der Waals surface area contributed by atoms with E-state index >= 15 is 0 Å². The number of carbonyl (C=O) groups excluding carboxylic acids is 1. The molecule has 29 heavy (non-hydrogen) atoms. The Hall–Kier alpha value is -2.91. The van der Waals surface area contributed by atoms with Gasteiger partial charge in [-0.3, -0.25) is 9.52 Å². The van der Waals surface area contributed by atoms with Crippen LogP contribution >= 0.6 is 15.9 Å². The van der Waals surface area contributed by atoms with Crippen LogP contribution in [0.25, 0.3) is 0 Å². The maximum atomic E-state index is 13.1. The smallest absolute Gasteiger partial charge is 0.262 e. The van der Waals surface area contributed by atoms with Gasteiger partial charge in [0, 0.05) is 15.8 Å². The summed E-state index contributed by atoms with van der Waals surface area (Å²) in [7, 11) is -3.75. The average molecular weight is 479 g/mol. The van der Waals surface area contributed by atoms with Crippen LogP contribution in [-0.4, -0.2) is 20.9 Å². The van der Waals surface area contributed by atoms with Crippen LogP contribution in [0.4, 0.5) is 15.8 Å². The second-order valence-electron chi connectivity index (χ2n) is 5.93. The largest absolute Gasteiger partial charge is 0.484 e. The van der Waals surface area contributed by atoms with Crippen molar-refractivity contribution >= 4 is 43.2 Å². The zero-order valence-electron chi connectivity index (χ0n) is 14.9. The third-order valence-corrected chi connectivity index (χ3v) is 5.63. The minimum Gasteiger partial charge on any atom is -0.484 e. The van der Waals surface area contributed by atoms with Crippen molar-refractivity contribution in [2.24, 2.45) is 0 Å². The molecule has 0 bridgehead atoms. The molecule has 3 aromatic carbocycles. The fourth-order valence-electron chi connectivity index (χ4n) is 2.36. The number of nitrogens with one attached hydrogen (secondary N) is 2. The molecule has 0 aliphatic carbocycles. The second kappa shape index (κ2) is 9.06. The van der Waals surface area contributed by atoms with E-state index in [1.165, 1.54) is 42.5 Å². The fourth-order valence-corrected chi connectivity index (χ4v) is 3.68. The Kier molecular flexibility index (Phi) is 6.50. The van der Waals surface area contributed by atoms with Gasteiger partial charge in [0.2, 0.25) is 0 Å². The molecule has 2 N–H and O–H groups in total. The lowest BCUT2D eigenvalue weighted by atomic mass is 10.3. The topological polar surface area (TPSA) is 84.5 Å². The van der Waals surface area contributed by atoms with E-state index in [0.29, 0.717) is 17.1 Å². The molecule has 0 saturated heterocycles. The molecule has 3 aromatic rings. The highest BCUT2D eigenvalue weighted by Gasteiger charge is 2.14. The minimum atomic E-state index is -3.75. The lowest BCUT2D eigenvalue weighted by Crippen LogP contribution is -2.20. The molecule has 0 unspecified atom stereocenters. The monoisotopic (exact) mass is 478 g/mol. The van der Waals surface area contributed by atoms with Crippen LogP contribution < -0.4 is 14.8 Å². The quantitative estimate of drug-likeness (QED) is 0.526. The Balaban J connectivity index is 1.58. The van der Waals surface area contributed by atoms with Crippen molar-refractivity contribution in [3.05, 3.63) is 83.1 Å².